The molecule has 27 heavy (non-hydrogen) atoms. The highest BCUT2D eigenvalue weighted by Gasteiger charge is 2.35. The van der Waals surface area contributed by atoms with E-state index in [4.69, 9.17) is 4.74 Å². The summed E-state index contributed by atoms with van der Waals surface area (Å²) in [4.78, 5) is 12.6. The quantitative estimate of drug-likeness (QED) is 0.737. The molecule has 2 N–H and O–H groups in total. The molecule has 150 valence electrons. The highest BCUT2D eigenvalue weighted by molar-refractivity contribution is 5.82. The first kappa shape index (κ1) is 20.1. The zero-order valence-corrected chi connectivity index (χ0v) is 15.1. The Kier molecular flexibility index (Phi) is 6.05. The lowest BCUT2D eigenvalue weighted by Gasteiger charge is -2.35. The molecule has 1 aromatic rings. The highest BCUT2D eigenvalue weighted by atomic mass is 19.4. The minimum Gasteiger partial charge on any atom is -0.381 e. The summed E-state index contributed by atoms with van der Waals surface area (Å²) in [5, 5.41) is 6.15. The van der Waals surface area contributed by atoms with Gasteiger partial charge in [0.05, 0.1) is 24.8 Å². The molecular weight excluding hydrogens is 364 g/mol. The van der Waals surface area contributed by atoms with Crippen molar-refractivity contribution in [3.05, 3.63) is 35.1 Å². The van der Waals surface area contributed by atoms with E-state index in [0.717, 1.165) is 31.5 Å². The minimum absolute atomic E-state index is 0.0269. The standard InChI is InChI=1S/C19H24F4N2O2/c1-2-11-5-17(24-8-11)18(26)25-16(13-9-27-10-13)6-12-3-4-14(7-15(12)20)19(21,22)23/h3-4,7,11,13,16-17,24H,2,5-6,8-10H2,1H3,(H,25,26)/t11-,16?,17-/m1/s1. The van der Waals surface area contributed by atoms with Crippen LogP contribution < -0.4 is 10.6 Å². The van der Waals surface area contributed by atoms with Gasteiger partial charge in [0.15, 0.2) is 0 Å². The Hall–Kier alpha value is -1.67. The van der Waals surface area contributed by atoms with Gasteiger partial charge in [-0.3, -0.25) is 4.79 Å². The number of halogens is 4. The molecule has 8 heteroatoms. The van der Waals surface area contributed by atoms with Crippen LogP contribution in [0.4, 0.5) is 17.6 Å². The predicted octanol–water partition coefficient (Wildman–Crippen LogP) is 2.91. The monoisotopic (exact) mass is 388 g/mol. The topological polar surface area (TPSA) is 50.4 Å². The van der Waals surface area contributed by atoms with Crippen LogP contribution in [0.1, 0.15) is 30.9 Å². The van der Waals surface area contributed by atoms with Crippen molar-refractivity contribution in [3.8, 4) is 0 Å². The zero-order valence-electron chi connectivity index (χ0n) is 15.1. The fourth-order valence-corrected chi connectivity index (χ4v) is 3.55. The molecule has 3 atom stereocenters. The molecule has 1 amide bonds. The first-order valence-corrected chi connectivity index (χ1v) is 9.25. The first-order valence-electron chi connectivity index (χ1n) is 9.25. The van der Waals surface area contributed by atoms with E-state index in [-0.39, 0.29) is 35.9 Å². The maximum Gasteiger partial charge on any atom is 0.416 e. The van der Waals surface area contributed by atoms with Crippen LogP contribution in [0.2, 0.25) is 0 Å². The largest absolute Gasteiger partial charge is 0.416 e. The molecule has 2 aliphatic heterocycles. The van der Waals surface area contributed by atoms with Crippen LogP contribution in [-0.2, 0) is 22.1 Å². The lowest BCUT2D eigenvalue weighted by molar-refractivity contribution is -0.137. The van der Waals surface area contributed by atoms with Crippen LogP contribution >= 0.6 is 0 Å². The van der Waals surface area contributed by atoms with Crippen LogP contribution in [0.25, 0.3) is 0 Å². The van der Waals surface area contributed by atoms with E-state index >= 15 is 0 Å². The molecule has 3 rings (SSSR count). The lowest BCUT2D eigenvalue weighted by Crippen LogP contribution is -2.53. The van der Waals surface area contributed by atoms with Crippen molar-refractivity contribution in [2.24, 2.45) is 11.8 Å². The number of benzene rings is 1. The summed E-state index contributed by atoms with van der Waals surface area (Å²) in [5.41, 5.74) is -0.858. The third kappa shape index (κ3) is 4.79. The summed E-state index contributed by atoms with van der Waals surface area (Å²) in [7, 11) is 0. The van der Waals surface area contributed by atoms with E-state index in [1.165, 1.54) is 0 Å². The van der Waals surface area contributed by atoms with Crippen LogP contribution in [0.15, 0.2) is 18.2 Å². The average molecular weight is 388 g/mol. The van der Waals surface area contributed by atoms with Crippen molar-refractivity contribution in [1.29, 1.82) is 0 Å². The van der Waals surface area contributed by atoms with Crippen LogP contribution in [0, 0.1) is 17.7 Å². The summed E-state index contributed by atoms with van der Waals surface area (Å²) in [6.45, 7) is 3.76. The predicted molar refractivity (Wildman–Crippen MR) is 91.5 cm³/mol. The summed E-state index contributed by atoms with van der Waals surface area (Å²) in [6, 6.07) is 1.88. The molecule has 0 radical (unpaired) electrons. The Balaban J connectivity index is 1.68. The van der Waals surface area contributed by atoms with Gasteiger partial charge in [-0.15, -0.1) is 0 Å². The van der Waals surface area contributed by atoms with Gasteiger partial charge in [0.25, 0.3) is 0 Å². The Labute approximate surface area is 155 Å². The third-order valence-corrected chi connectivity index (χ3v) is 5.50. The molecule has 4 nitrogen and oxygen atoms in total. The number of nitrogens with one attached hydrogen (secondary N) is 2. The van der Waals surface area contributed by atoms with Gasteiger partial charge in [-0.25, -0.2) is 4.39 Å². The van der Waals surface area contributed by atoms with Gasteiger partial charge in [0, 0.05) is 12.0 Å². The highest BCUT2D eigenvalue weighted by Crippen LogP contribution is 2.31. The molecule has 2 heterocycles. The van der Waals surface area contributed by atoms with Crippen LogP contribution in [-0.4, -0.2) is 37.7 Å². The number of ether oxygens (including phenoxy) is 1. The normalized spacial score (nSPS) is 24.5. The van der Waals surface area contributed by atoms with Crippen LogP contribution in [0.3, 0.4) is 0 Å². The number of rotatable bonds is 6. The average Bonchev–Trinajstić information content (AvgIpc) is 3.03. The fraction of sp³-hybridized carbons (Fsp3) is 0.632. The fourth-order valence-electron chi connectivity index (χ4n) is 3.55. The molecule has 2 saturated heterocycles. The van der Waals surface area contributed by atoms with Crippen molar-refractivity contribution in [3.63, 3.8) is 0 Å². The molecule has 0 bridgehead atoms. The Morgan fingerprint density at radius 1 is 1.37 bits per heavy atom. The zero-order chi connectivity index (χ0) is 19.6. The number of carbonyl (C=O) groups is 1. The SMILES string of the molecule is CC[C@H]1CN[C@@H](C(=O)NC(Cc2ccc(C(F)(F)F)cc2F)C2COC2)C1. The van der Waals surface area contributed by atoms with Crippen molar-refractivity contribution in [2.45, 2.75) is 44.4 Å². The van der Waals surface area contributed by atoms with Gasteiger partial charge in [0.2, 0.25) is 5.91 Å². The van der Waals surface area contributed by atoms with Crippen molar-refractivity contribution in [2.75, 3.05) is 19.8 Å². The second kappa shape index (κ2) is 8.14. The maximum absolute atomic E-state index is 14.2. The van der Waals surface area contributed by atoms with Gasteiger partial charge in [-0.05, 0) is 43.0 Å². The van der Waals surface area contributed by atoms with E-state index in [9.17, 15) is 22.4 Å². The number of carbonyl (C=O) groups excluding carboxylic acids is 1. The van der Waals surface area contributed by atoms with E-state index in [0.29, 0.717) is 25.2 Å². The van der Waals surface area contributed by atoms with Gasteiger partial charge in [-0.2, -0.15) is 13.2 Å². The molecule has 1 aromatic carbocycles. The molecule has 2 fully saturated rings. The van der Waals surface area contributed by atoms with Crippen LogP contribution in [0.5, 0.6) is 0 Å². The Morgan fingerprint density at radius 2 is 2.11 bits per heavy atom. The molecule has 0 aromatic heterocycles. The number of amides is 1. The number of hydrogen-bond acceptors (Lipinski definition) is 3. The molecule has 1 unspecified atom stereocenters. The molecular formula is C19H24F4N2O2. The van der Waals surface area contributed by atoms with Crippen molar-refractivity contribution in [1.82, 2.24) is 10.6 Å². The summed E-state index contributed by atoms with van der Waals surface area (Å²) in [6.07, 6.45) is -2.70. The summed E-state index contributed by atoms with van der Waals surface area (Å²) < 4.78 is 57.5. The van der Waals surface area contributed by atoms with Gasteiger partial charge in [-0.1, -0.05) is 19.4 Å². The number of alkyl halides is 3. The van der Waals surface area contributed by atoms with Gasteiger partial charge in [0.1, 0.15) is 5.82 Å². The van der Waals surface area contributed by atoms with E-state index < -0.39 is 17.6 Å². The first-order chi connectivity index (χ1) is 12.8. The molecule has 0 saturated carbocycles. The van der Waals surface area contributed by atoms with Crippen molar-refractivity contribution >= 4 is 5.91 Å². The number of hydrogen-bond donors (Lipinski definition) is 2. The van der Waals surface area contributed by atoms with E-state index in [1.54, 1.807) is 0 Å². The summed E-state index contributed by atoms with van der Waals surface area (Å²) >= 11 is 0. The Morgan fingerprint density at radius 3 is 2.63 bits per heavy atom. The van der Waals surface area contributed by atoms with Crippen molar-refractivity contribution < 1.29 is 27.1 Å². The van der Waals surface area contributed by atoms with Gasteiger partial charge >= 0.3 is 6.18 Å². The second-order valence-corrected chi connectivity index (χ2v) is 7.39. The second-order valence-electron chi connectivity index (χ2n) is 7.39. The smallest absolute Gasteiger partial charge is 0.381 e. The molecule has 0 aliphatic carbocycles. The van der Waals surface area contributed by atoms with E-state index in [1.807, 2.05) is 0 Å². The molecule has 2 aliphatic rings. The minimum atomic E-state index is -4.58. The Bertz CT molecular complexity index is 676. The third-order valence-electron chi connectivity index (χ3n) is 5.50. The molecule has 0 spiro atoms. The maximum atomic E-state index is 14.2. The van der Waals surface area contributed by atoms with Gasteiger partial charge < -0.3 is 15.4 Å². The summed E-state index contributed by atoms with van der Waals surface area (Å²) in [5.74, 6) is -0.567. The van der Waals surface area contributed by atoms with E-state index in [2.05, 4.69) is 17.6 Å². The lowest BCUT2D eigenvalue weighted by atomic mass is 9.91.